The molecule has 3 heterocycles. The fourth-order valence-electron chi connectivity index (χ4n) is 2.63. The average Bonchev–Trinajstić information content (AvgIpc) is 3.15. The molecule has 1 saturated heterocycles. The lowest BCUT2D eigenvalue weighted by atomic mass is 10.1. The van der Waals surface area contributed by atoms with Crippen molar-refractivity contribution in [1.82, 2.24) is 19.7 Å². The van der Waals surface area contributed by atoms with Crippen molar-refractivity contribution in [3.05, 3.63) is 12.5 Å². The second-order valence-electron chi connectivity index (χ2n) is 5.22. The minimum atomic E-state index is 0.188. The number of fused-ring (bicyclic) bond motifs is 1. The Morgan fingerprint density at radius 2 is 2.48 bits per heavy atom. The molecule has 2 atom stereocenters. The minimum Gasteiger partial charge on any atom is -0.376 e. The Bertz CT molecular complexity index is 655. The molecule has 0 spiro atoms. The summed E-state index contributed by atoms with van der Waals surface area (Å²) in [6.07, 6.45) is 6.10. The molecule has 1 N–H and O–H groups in total. The van der Waals surface area contributed by atoms with E-state index in [1.807, 2.05) is 0 Å². The van der Waals surface area contributed by atoms with Crippen LogP contribution in [0.15, 0.2) is 12.5 Å². The van der Waals surface area contributed by atoms with Gasteiger partial charge >= 0.3 is 0 Å². The number of anilines is 1. The highest BCUT2D eigenvalue weighted by Gasteiger charge is 2.23. The number of rotatable bonds is 5. The molecule has 1 aliphatic rings. The third-order valence-electron chi connectivity index (χ3n) is 3.76. The molecule has 7 heteroatoms. The smallest absolute Gasteiger partial charge is 0.163 e. The van der Waals surface area contributed by atoms with Crippen LogP contribution in [0.4, 0.5) is 5.82 Å². The van der Waals surface area contributed by atoms with Gasteiger partial charge in [-0.05, 0) is 19.8 Å². The van der Waals surface area contributed by atoms with E-state index >= 15 is 0 Å². The first-order valence-electron chi connectivity index (χ1n) is 7.21. The van der Waals surface area contributed by atoms with E-state index in [9.17, 15) is 0 Å². The van der Waals surface area contributed by atoms with Gasteiger partial charge in [-0.3, -0.25) is 0 Å². The average molecular weight is 286 g/mol. The Kier molecular flexibility index (Phi) is 3.97. The molecule has 0 amide bonds. The summed E-state index contributed by atoms with van der Waals surface area (Å²) in [6, 6.07) is 2.31. The Morgan fingerprint density at radius 1 is 1.57 bits per heavy atom. The SMILES string of the molecule is C[C@@H](Nc1ncnc2c1cnn2CCC#N)[C@@H]1CCCO1. The molecule has 0 radical (unpaired) electrons. The van der Waals surface area contributed by atoms with Crippen molar-refractivity contribution in [2.45, 2.75) is 44.9 Å². The first kappa shape index (κ1) is 13.8. The third-order valence-corrected chi connectivity index (χ3v) is 3.76. The molecule has 0 bridgehead atoms. The fourth-order valence-corrected chi connectivity index (χ4v) is 2.63. The molecule has 1 aliphatic heterocycles. The van der Waals surface area contributed by atoms with Crippen LogP contribution in [-0.4, -0.2) is 38.5 Å². The molecular formula is C14H18N6O. The highest BCUT2D eigenvalue weighted by molar-refractivity contribution is 5.86. The van der Waals surface area contributed by atoms with E-state index in [1.165, 1.54) is 6.33 Å². The van der Waals surface area contributed by atoms with Gasteiger partial charge in [0.15, 0.2) is 5.65 Å². The van der Waals surface area contributed by atoms with Crippen LogP contribution in [0.3, 0.4) is 0 Å². The summed E-state index contributed by atoms with van der Waals surface area (Å²) < 4.78 is 7.43. The quantitative estimate of drug-likeness (QED) is 0.900. The lowest BCUT2D eigenvalue weighted by Gasteiger charge is -2.20. The van der Waals surface area contributed by atoms with Gasteiger partial charge in [-0.2, -0.15) is 10.4 Å². The summed E-state index contributed by atoms with van der Waals surface area (Å²) in [4.78, 5) is 8.58. The summed E-state index contributed by atoms with van der Waals surface area (Å²) >= 11 is 0. The molecule has 0 saturated carbocycles. The summed E-state index contributed by atoms with van der Waals surface area (Å²) in [7, 11) is 0. The predicted octanol–water partition coefficient (Wildman–Crippen LogP) is 1.72. The molecule has 2 aromatic heterocycles. The van der Waals surface area contributed by atoms with Crippen LogP contribution >= 0.6 is 0 Å². The van der Waals surface area contributed by atoms with Gasteiger partial charge in [-0.1, -0.05) is 0 Å². The first-order chi connectivity index (χ1) is 10.3. The van der Waals surface area contributed by atoms with E-state index in [2.05, 4.69) is 33.4 Å². The number of nitrogens with one attached hydrogen (secondary N) is 1. The summed E-state index contributed by atoms with van der Waals surface area (Å²) in [5, 5.41) is 17.2. The van der Waals surface area contributed by atoms with Crippen molar-refractivity contribution in [3.8, 4) is 6.07 Å². The van der Waals surface area contributed by atoms with E-state index in [0.717, 1.165) is 36.3 Å². The maximum atomic E-state index is 8.68. The highest BCUT2D eigenvalue weighted by Crippen LogP contribution is 2.23. The molecule has 0 aliphatic carbocycles. The van der Waals surface area contributed by atoms with Crippen molar-refractivity contribution in [2.24, 2.45) is 0 Å². The zero-order chi connectivity index (χ0) is 14.7. The summed E-state index contributed by atoms with van der Waals surface area (Å²) in [6.45, 7) is 3.48. The number of aromatic nitrogens is 4. The zero-order valence-electron chi connectivity index (χ0n) is 12.0. The van der Waals surface area contributed by atoms with E-state index in [1.54, 1.807) is 10.9 Å². The van der Waals surface area contributed by atoms with Gasteiger partial charge in [0.1, 0.15) is 12.1 Å². The third kappa shape index (κ3) is 2.81. The van der Waals surface area contributed by atoms with E-state index in [4.69, 9.17) is 10.00 Å². The molecule has 110 valence electrons. The Labute approximate surface area is 122 Å². The van der Waals surface area contributed by atoms with Crippen molar-refractivity contribution in [1.29, 1.82) is 5.26 Å². The van der Waals surface area contributed by atoms with Gasteiger partial charge in [0, 0.05) is 6.61 Å². The fraction of sp³-hybridized carbons (Fsp3) is 0.571. The van der Waals surface area contributed by atoms with Gasteiger partial charge in [0.05, 0.1) is 42.8 Å². The van der Waals surface area contributed by atoms with Crippen molar-refractivity contribution < 1.29 is 4.74 Å². The summed E-state index contributed by atoms with van der Waals surface area (Å²) in [5.41, 5.74) is 0.752. The van der Waals surface area contributed by atoms with Crippen LogP contribution < -0.4 is 5.32 Å². The van der Waals surface area contributed by atoms with Gasteiger partial charge in [-0.25, -0.2) is 14.6 Å². The molecule has 0 unspecified atom stereocenters. The monoisotopic (exact) mass is 286 g/mol. The molecule has 0 aromatic carbocycles. The molecule has 1 fully saturated rings. The number of hydrogen-bond donors (Lipinski definition) is 1. The number of hydrogen-bond acceptors (Lipinski definition) is 6. The first-order valence-corrected chi connectivity index (χ1v) is 7.21. The van der Waals surface area contributed by atoms with Crippen molar-refractivity contribution in [3.63, 3.8) is 0 Å². The molecule has 2 aromatic rings. The molecule has 3 rings (SSSR count). The maximum absolute atomic E-state index is 8.68. The molecule has 7 nitrogen and oxygen atoms in total. The summed E-state index contributed by atoms with van der Waals surface area (Å²) in [5.74, 6) is 0.770. The minimum absolute atomic E-state index is 0.188. The number of ether oxygens (including phenoxy) is 1. The standard InChI is InChI=1S/C14H18N6O/c1-10(12-4-2-7-21-12)19-13-11-8-18-20(6-3-5-15)14(11)17-9-16-13/h8-10,12H,2-4,6-7H2,1H3,(H,16,17,19)/t10-,12+/m1/s1. The molecule has 21 heavy (non-hydrogen) atoms. The van der Waals surface area contributed by atoms with Gasteiger partial charge in [0.2, 0.25) is 0 Å². The van der Waals surface area contributed by atoms with Crippen LogP contribution in [0.25, 0.3) is 11.0 Å². The Hall–Kier alpha value is -2.20. The van der Waals surface area contributed by atoms with Crippen molar-refractivity contribution in [2.75, 3.05) is 11.9 Å². The predicted molar refractivity (Wildman–Crippen MR) is 77.6 cm³/mol. The van der Waals surface area contributed by atoms with Crippen LogP contribution in [-0.2, 0) is 11.3 Å². The van der Waals surface area contributed by atoms with Crippen LogP contribution in [0.1, 0.15) is 26.2 Å². The van der Waals surface area contributed by atoms with E-state index in [-0.39, 0.29) is 12.1 Å². The number of nitriles is 1. The van der Waals surface area contributed by atoms with Crippen LogP contribution in [0.5, 0.6) is 0 Å². The van der Waals surface area contributed by atoms with Crippen LogP contribution in [0.2, 0.25) is 0 Å². The van der Waals surface area contributed by atoms with E-state index < -0.39 is 0 Å². The highest BCUT2D eigenvalue weighted by atomic mass is 16.5. The lowest BCUT2D eigenvalue weighted by molar-refractivity contribution is 0.0996. The second-order valence-corrected chi connectivity index (χ2v) is 5.22. The molecular weight excluding hydrogens is 268 g/mol. The lowest BCUT2D eigenvalue weighted by Crippen LogP contribution is -2.30. The van der Waals surface area contributed by atoms with Gasteiger partial charge in [0.25, 0.3) is 0 Å². The van der Waals surface area contributed by atoms with E-state index in [0.29, 0.717) is 13.0 Å². The number of aryl methyl sites for hydroxylation is 1. The topological polar surface area (TPSA) is 88.7 Å². The Morgan fingerprint density at radius 3 is 3.24 bits per heavy atom. The Balaban J connectivity index is 1.82. The normalized spacial score (nSPS) is 19.5. The van der Waals surface area contributed by atoms with Gasteiger partial charge in [-0.15, -0.1) is 0 Å². The second kappa shape index (κ2) is 6.06. The zero-order valence-corrected chi connectivity index (χ0v) is 12.0. The van der Waals surface area contributed by atoms with Crippen molar-refractivity contribution >= 4 is 16.9 Å². The maximum Gasteiger partial charge on any atom is 0.163 e. The number of nitrogens with zero attached hydrogens (tertiary/aromatic N) is 5. The largest absolute Gasteiger partial charge is 0.376 e. The van der Waals surface area contributed by atoms with Crippen LogP contribution in [0, 0.1) is 11.3 Å². The van der Waals surface area contributed by atoms with Gasteiger partial charge < -0.3 is 10.1 Å².